The van der Waals surface area contributed by atoms with Crippen molar-refractivity contribution in [3.05, 3.63) is 0 Å². The molecule has 0 aliphatic carbocycles. The Morgan fingerprint density at radius 2 is 1.89 bits per heavy atom. The van der Waals surface area contributed by atoms with Crippen LogP contribution in [0.1, 0.15) is 25.7 Å². The lowest BCUT2D eigenvalue weighted by molar-refractivity contribution is 0.00431. The molecule has 2 rings (SSSR count). The number of rotatable bonds is 3. The zero-order valence-corrected chi connectivity index (χ0v) is 11.1. The molecule has 2 heterocycles. The Bertz CT molecular complexity index is 309. The van der Waals surface area contributed by atoms with E-state index in [0.29, 0.717) is 32.0 Å². The molecule has 1 N–H and O–H groups in total. The number of likely N-dealkylation sites (tertiary alicyclic amines) is 2. The summed E-state index contributed by atoms with van der Waals surface area (Å²) in [4.78, 5) is 13.9. The van der Waals surface area contributed by atoms with Gasteiger partial charge in [-0.1, -0.05) is 0 Å². The van der Waals surface area contributed by atoms with Gasteiger partial charge in [-0.05, 0) is 38.1 Å². The lowest BCUT2D eigenvalue weighted by Crippen LogP contribution is -2.45. The van der Waals surface area contributed by atoms with E-state index in [1.54, 1.807) is 0 Å². The minimum atomic E-state index is -1.33. The normalized spacial score (nSPS) is 30.6. The molecule has 6 heteroatoms. The van der Waals surface area contributed by atoms with E-state index in [1.807, 2.05) is 4.90 Å². The second kappa shape index (κ2) is 6.61. The van der Waals surface area contributed by atoms with Gasteiger partial charge in [0.2, 0.25) is 0 Å². The number of hydrogen-bond acceptors (Lipinski definition) is 3. The van der Waals surface area contributed by atoms with Crippen LogP contribution in [0, 0.1) is 5.92 Å². The van der Waals surface area contributed by atoms with Crippen molar-refractivity contribution in [1.82, 2.24) is 9.80 Å². The highest BCUT2D eigenvalue weighted by Gasteiger charge is 2.28. The molecule has 2 aliphatic rings. The Kier molecular flexibility index (Phi) is 5.10. The molecule has 2 fully saturated rings. The second-order valence-corrected chi connectivity index (χ2v) is 5.64. The quantitative estimate of drug-likeness (QED) is 0.629. The smallest absolute Gasteiger partial charge is 0.390 e. The van der Waals surface area contributed by atoms with Crippen LogP contribution in [0.3, 0.4) is 0 Å². The number of hydrogen-bond donors (Lipinski definition) is 1. The number of nitrogens with zero attached hydrogens (tertiary/aromatic N) is 2. The summed E-state index contributed by atoms with van der Waals surface area (Å²) in [5, 5.41) is 9.32. The van der Waals surface area contributed by atoms with Crippen molar-refractivity contribution < 1.29 is 18.7 Å². The Hall–Kier alpha value is -0.750. The molecule has 0 aromatic rings. The molecule has 2 saturated heterocycles. The zero-order chi connectivity index (χ0) is 13.8. The maximum Gasteiger partial charge on any atom is 0.400 e. The van der Waals surface area contributed by atoms with E-state index in [0.717, 1.165) is 32.4 Å². The van der Waals surface area contributed by atoms with Gasteiger partial charge in [0.05, 0.1) is 6.10 Å². The third-order valence-corrected chi connectivity index (χ3v) is 4.31. The standard InChI is InChI=1S/C13H22F2N2O2/c14-11-9-16(6-4-12(11)18)5-1-10-2-7-17(8-3-10)13(15)19/h10-12,18H,1-9H2. The van der Waals surface area contributed by atoms with E-state index < -0.39 is 18.4 Å². The van der Waals surface area contributed by atoms with Crippen LogP contribution in [0.5, 0.6) is 0 Å². The summed E-state index contributed by atoms with van der Waals surface area (Å²) >= 11 is 0. The predicted molar refractivity (Wildman–Crippen MR) is 67.4 cm³/mol. The number of amides is 1. The van der Waals surface area contributed by atoms with Gasteiger partial charge in [-0.15, -0.1) is 4.39 Å². The number of alkyl halides is 1. The van der Waals surface area contributed by atoms with E-state index in [4.69, 9.17) is 0 Å². The minimum Gasteiger partial charge on any atom is -0.390 e. The Balaban J connectivity index is 1.65. The second-order valence-electron chi connectivity index (χ2n) is 5.64. The number of aliphatic hydroxyl groups excluding tert-OH is 1. The van der Waals surface area contributed by atoms with Gasteiger partial charge >= 0.3 is 6.16 Å². The van der Waals surface area contributed by atoms with Crippen molar-refractivity contribution in [2.24, 2.45) is 5.92 Å². The van der Waals surface area contributed by atoms with E-state index in [1.165, 1.54) is 4.90 Å². The van der Waals surface area contributed by atoms with Gasteiger partial charge in [-0.2, -0.15) is 0 Å². The first-order chi connectivity index (χ1) is 9.06. The first-order valence-corrected chi connectivity index (χ1v) is 7.05. The number of aliphatic hydroxyl groups is 1. The summed E-state index contributed by atoms with van der Waals surface area (Å²) < 4.78 is 25.8. The fourth-order valence-corrected chi connectivity index (χ4v) is 2.92. The summed E-state index contributed by atoms with van der Waals surface area (Å²) in [5.74, 6) is 0.487. The van der Waals surface area contributed by atoms with Crippen molar-refractivity contribution in [3.8, 4) is 0 Å². The van der Waals surface area contributed by atoms with Gasteiger partial charge in [0.1, 0.15) is 6.17 Å². The first-order valence-electron chi connectivity index (χ1n) is 7.05. The molecule has 0 aromatic heterocycles. The number of piperidine rings is 2. The largest absolute Gasteiger partial charge is 0.400 e. The summed E-state index contributed by atoms with van der Waals surface area (Å²) in [6.07, 6.45) is -0.178. The molecule has 2 atom stereocenters. The average Bonchev–Trinajstić information content (AvgIpc) is 2.40. The predicted octanol–water partition coefficient (Wildman–Crippen LogP) is 1.58. The maximum atomic E-state index is 13.4. The van der Waals surface area contributed by atoms with Gasteiger partial charge in [-0.3, -0.25) is 0 Å². The molecule has 1 amide bonds. The summed E-state index contributed by atoms with van der Waals surface area (Å²) in [7, 11) is 0. The summed E-state index contributed by atoms with van der Waals surface area (Å²) in [6, 6.07) is 0. The van der Waals surface area contributed by atoms with E-state index in [9.17, 15) is 18.7 Å². The van der Waals surface area contributed by atoms with Gasteiger partial charge < -0.3 is 14.9 Å². The van der Waals surface area contributed by atoms with E-state index in [2.05, 4.69) is 0 Å². The maximum absolute atomic E-state index is 13.4. The molecule has 2 unspecified atom stereocenters. The molecule has 2 aliphatic heterocycles. The minimum absolute atomic E-state index is 0.309. The molecule has 19 heavy (non-hydrogen) atoms. The fraction of sp³-hybridized carbons (Fsp3) is 0.923. The Labute approximate surface area is 112 Å². The lowest BCUT2D eigenvalue weighted by atomic mass is 9.93. The monoisotopic (exact) mass is 276 g/mol. The molecule has 4 nitrogen and oxygen atoms in total. The van der Waals surface area contributed by atoms with Crippen molar-refractivity contribution in [2.45, 2.75) is 38.0 Å². The van der Waals surface area contributed by atoms with Crippen LogP contribution in [-0.4, -0.2) is 66.1 Å². The van der Waals surface area contributed by atoms with Crippen LogP contribution in [0.4, 0.5) is 13.6 Å². The van der Waals surface area contributed by atoms with Crippen molar-refractivity contribution in [2.75, 3.05) is 32.7 Å². The third-order valence-electron chi connectivity index (χ3n) is 4.31. The van der Waals surface area contributed by atoms with E-state index in [-0.39, 0.29) is 0 Å². The third kappa shape index (κ3) is 4.11. The Morgan fingerprint density at radius 1 is 1.21 bits per heavy atom. The van der Waals surface area contributed by atoms with E-state index >= 15 is 0 Å². The molecule has 0 saturated carbocycles. The molecule has 110 valence electrons. The summed E-state index contributed by atoms with van der Waals surface area (Å²) in [6.45, 7) is 2.85. The highest BCUT2D eigenvalue weighted by molar-refractivity contribution is 5.66. The van der Waals surface area contributed by atoms with Crippen LogP contribution >= 0.6 is 0 Å². The van der Waals surface area contributed by atoms with Crippen LogP contribution in [0.2, 0.25) is 0 Å². The summed E-state index contributed by atoms with van der Waals surface area (Å²) in [5.41, 5.74) is 0. The highest BCUT2D eigenvalue weighted by Crippen LogP contribution is 2.22. The SMILES string of the molecule is O=C(F)N1CCC(CCN2CCC(O)C(F)C2)CC1. The molecule has 0 radical (unpaired) electrons. The van der Waals surface area contributed by atoms with Crippen LogP contribution in [0.15, 0.2) is 0 Å². The molecule has 0 aromatic carbocycles. The van der Waals surface area contributed by atoms with Crippen LogP contribution in [0.25, 0.3) is 0 Å². The van der Waals surface area contributed by atoms with Gasteiger partial charge in [-0.25, -0.2) is 9.18 Å². The van der Waals surface area contributed by atoms with Crippen molar-refractivity contribution in [3.63, 3.8) is 0 Å². The van der Waals surface area contributed by atoms with Crippen LogP contribution < -0.4 is 0 Å². The fourth-order valence-electron chi connectivity index (χ4n) is 2.92. The lowest BCUT2D eigenvalue weighted by Gasteiger charge is -2.34. The van der Waals surface area contributed by atoms with Gasteiger partial charge in [0.15, 0.2) is 0 Å². The van der Waals surface area contributed by atoms with Gasteiger partial charge in [0, 0.05) is 26.2 Å². The molecule has 0 bridgehead atoms. The highest BCUT2D eigenvalue weighted by atomic mass is 19.1. The van der Waals surface area contributed by atoms with Crippen LogP contribution in [-0.2, 0) is 0 Å². The van der Waals surface area contributed by atoms with Gasteiger partial charge in [0.25, 0.3) is 0 Å². The first kappa shape index (κ1) is 14.7. The number of carbonyl (C=O) groups excluding carboxylic acids is 1. The Morgan fingerprint density at radius 3 is 2.47 bits per heavy atom. The number of halogens is 2. The van der Waals surface area contributed by atoms with Crippen molar-refractivity contribution >= 4 is 6.16 Å². The molecular weight excluding hydrogens is 254 g/mol. The molecule has 0 spiro atoms. The number of carbonyl (C=O) groups is 1. The average molecular weight is 276 g/mol. The van der Waals surface area contributed by atoms with Crippen molar-refractivity contribution in [1.29, 1.82) is 0 Å². The molecular formula is C13H22F2N2O2. The topological polar surface area (TPSA) is 43.8 Å². The zero-order valence-electron chi connectivity index (χ0n) is 11.1.